The summed E-state index contributed by atoms with van der Waals surface area (Å²) in [5.41, 5.74) is 3.58. The summed E-state index contributed by atoms with van der Waals surface area (Å²) in [6.45, 7) is 9.86. The van der Waals surface area contributed by atoms with E-state index in [-0.39, 0.29) is 24.8 Å². The van der Waals surface area contributed by atoms with Crippen molar-refractivity contribution >= 4 is 21.6 Å². The Hall–Kier alpha value is -2.64. The van der Waals surface area contributed by atoms with Gasteiger partial charge in [0.2, 0.25) is 10.0 Å². The lowest BCUT2D eigenvalue weighted by molar-refractivity contribution is -0.118. The van der Waals surface area contributed by atoms with Gasteiger partial charge >= 0.3 is 0 Å². The third kappa shape index (κ3) is 7.36. The van der Waals surface area contributed by atoms with Crippen LogP contribution in [0.4, 0.5) is 5.69 Å². The molecule has 0 atom stereocenters. The number of ether oxygens (including phenoxy) is 1. The first-order chi connectivity index (χ1) is 13.7. The van der Waals surface area contributed by atoms with Crippen molar-refractivity contribution in [3.63, 3.8) is 0 Å². The zero-order valence-electron chi connectivity index (χ0n) is 17.1. The maximum Gasteiger partial charge on any atom is 0.262 e. The van der Waals surface area contributed by atoms with Crippen LogP contribution in [0.3, 0.4) is 0 Å². The van der Waals surface area contributed by atoms with Gasteiger partial charge in [-0.15, -0.1) is 6.58 Å². The highest BCUT2D eigenvalue weighted by Gasteiger charge is 2.11. The van der Waals surface area contributed by atoms with Gasteiger partial charge in [-0.2, -0.15) is 0 Å². The first kappa shape index (κ1) is 22.6. The molecule has 2 aromatic rings. The highest BCUT2D eigenvalue weighted by molar-refractivity contribution is 7.88. The fraction of sp³-hybridized carbons (Fsp3) is 0.318. The van der Waals surface area contributed by atoms with Crippen molar-refractivity contribution in [3.05, 3.63) is 71.8 Å². The molecule has 1 amide bonds. The SMILES string of the molecule is C=CCNS(=O)(=O)Cc1ccc(NC(=O)COc2ccc(C(C)C)c(C)c2)cc1. The monoisotopic (exact) mass is 416 g/mol. The first-order valence-corrected chi connectivity index (χ1v) is 11.1. The van der Waals surface area contributed by atoms with E-state index in [1.807, 2.05) is 25.1 Å². The number of rotatable bonds is 10. The highest BCUT2D eigenvalue weighted by atomic mass is 32.2. The number of aryl methyl sites for hydroxylation is 1. The maximum atomic E-state index is 12.1. The Bertz CT molecular complexity index is 951. The quantitative estimate of drug-likeness (QED) is 0.578. The number of carbonyl (C=O) groups excluding carboxylic acids is 1. The normalized spacial score (nSPS) is 11.3. The molecule has 0 aliphatic rings. The molecule has 0 aliphatic carbocycles. The zero-order valence-corrected chi connectivity index (χ0v) is 17.9. The van der Waals surface area contributed by atoms with Crippen molar-refractivity contribution in [2.24, 2.45) is 0 Å². The standard InChI is InChI=1S/C22H28N2O4S/c1-5-12-23-29(26,27)15-18-6-8-19(9-7-18)24-22(25)14-28-20-10-11-21(16(2)3)17(4)13-20/h5-11,13,16,23H,1,12,14-15H2,2-4H3,(H,24,25). The Morgan fingerprint density at radius 3 is 2.45 bits per heavy atom. The average molecular weight is 417 g/mol. The predicted octanol–water partition coefficient (Wildman–Crippen LogP) is 3.74. The molecule has 0 heterocycles. The summed E-state index contributed by atoms with van der Waals surface area (Å²) >= 11 is 0. The molecule has 0 spiro atoms. The molecule has 2 aromatic carbocycles. The van der Waals surface area contributed by atoms with Crippen LogP contribution >= 0.6 is 0 Å². The van der Waals surface area contributed by atoms with Crippen molar-refractivity contribution in [2.45, 2.75) is 32.4 Å². The fourth-order valence-corrected chi connectivity index (χ4v) is 3.98. The molecule has 2 N–H and O–H groups in total. The molecule has 0 unspecified atom stereocenters. The van der Waals surface area contributed by atoms with Crippen LogP contribution in [0.25, 0.3) is 0 Å². The number of anilines is 1. The lowest BCUT2D eigenvalue weighted by Crippen LogP contribution is -2.25. The van der Waals surface area contributed by atoms with Crippen molar-refractivity contribution in [2.75, 3.05) is 18.5 Å². The van der Waals surface area contributed by atoms with E-state index in [9.17, 15) is 13.2 Å². The maximum absolute atomic E-state index is 12.1. The molecule has 0 fully saturated rings. The number of nitrogens with one attached hydrogen (secondary N) is 2. The van der Waals surface area contributed by atoms with Gasteiger partial charge in [-0.25, -0.2) is 13.1 Å². The molecular formula is C22H28N2O4S. The Balaban J connectivity index is 1.88. The van der Waals surface area contributed by atoms with Crippen LogP contribution in [0.5, 0.6) is 5.75 Å². The highest BCUT2D eigenvalue weighted by Crippen LogP contribution is 2.23. The molecule has 6 nitrogen and oxygen atoms in total. The van der Waals surface area contributed by atoms with Crippen LogP contribution in [-0.4, -0.2) is 27.5 Å². The minimum Gasteiger partial charge on any atom is -0.484 e. The zero-order chi connectivity index (χ0) is 21.4. The van der Waals surface area contributed by atoms with Crippen LogP contribution in [0, 0.1) is 6.92 Å². The number of benzene rings is 2. The lowest BCUT2D eigenvalue weighted by Gasteiger charge is -2.12. The van der Waals surface area contributed by atoms with E-state index in [1.54, 1.807) is 24.3 Å². The van der Waals surface area contributed by atoms with Gasteiger partial charge < -0.3 is 10.1 Å². The second kappa shape index (κ2) is 10.2. The number of carbonyl (C=O) groups is 1. The fourth-order valence-electron chi connectivity index (χ4n) is 2.87. The molecule has 0 saturated heterocycles. The average Bonchev–Trinajstić information content (AvgIpc) is 2.66. The summed E-state index contributed by atoms with van der Waals surface area (Å²) < 4.78 is 31.7. The molecule has 0 aliphatic heterocycles. The smallest absolute Gasteiger partial charge is 0.262 e. The van der Waals surface area contributed by atoms with Gasteiger partial charge in [0, 0.05) is 12.2 Å². The van der Waals surface area contributed by atoms with Gasteiger partial charge in [-0.3, -0.25) is 4.79 Å². The topological polar surface area (TPSA) is 84.5 Å². The molecule has 7 heteroatoms. The van der Waals surface area contributed by atoms with E-state index < -0.39 is 10.0 Å². The number of hydrogen-bond donors (Lipinski definition) is 2. The van der Waals surface area contributed by atoms with Crippen LogP contribution < -0.4 is 14.8 Å². The molecule has 2 rings (SSSR count). The van der Waals surface area contributed by atoms with E-state index in [2.05, 4.69) is 30.5 Å². The minimum absolute atomic E-state index is 0.109. The van der Waals surface area contributed by atoms with Crippen molar-refractivity contribution in [3.8, 4) is 5.75 Å². The molecule has 0 radical (unpaired) electrons. The lowest BCUT2D eigenvalue weighted by atomic mass is 9.98. The third-order valence-corrected chi connectivity index (χ3v) is 5.60. The molecule has 156 valence electrons. The Kier molecular flexibility index (Phi) is 7.99. The number of amides is 1. The van der Waals surface area contributed by atoms with Crippen LogP contribution in [-0.2, 0) is 20.6 Å². The van der Waals surface area contributed by atoms with Crippen LogP contribution in [0.2, 0.25) is 0 Å². The van der Waals surface area contributed by atoms with Crippen molar-refractivity contribution in [1.29, 1.82) is 0 Å². The minimum atomic E-state index is -3.41. The summed E-state index contributed by atoms with van der Waals surface area (Å²) in [5.74, 6) is 0.658. The Labute approximate surface area is 173 Å². The number of sulfonamides is 1. The summed E-state index contributed by atoms with van der Waals surface area (Å²) in [5, 5.41) is 2.74. The predicted molar refractivity (Wildman–Crippen MR) is 117 cm³/mol. The van der Waals surface area contributed by atoms with E-state index >= 15 is 0 Å². The summed E-state index contributed by atoms with van der Waals surface area (Å²) in [7, 11) is -3.41. The van der Waals surface area contributed by atoms with E-state index in [0.717, 1.165) is 5.56 Å². The molecule has 0 bridgehead atoms. The van der Waals surface area contributed by atoms with Gasteiger partial charge in [-0.05, 0) is 53.8 Å². The van der Waals surface area contributed by atoms with Crippen LogP contribution in [0.1, 0.15) is 36.5 Å². The van der Waals surface area contributed by atoms with Gasteiger partial charge in [0.15, 0.2) is 6.61 Å². The van der Waals surface area contributed by atoms with Gasteiger partial charge in [-0.1, -0.05) is 38.1 Å². The van der Waals surface area contributed by atoms with Gasteiger partial charge in [0.05, 0.1) is 5.75 Å². The van der Waals surface area contributed by atoms with Gasteiger partial charge in [0.25, 0.3) is 5.91 Å². The second-order valence-electron chi connectivity index (χ2n) is 7.10. The first-order valence-electron chi connectivity index (χ1n) is 9.40. The molecule has 0 saturated carbocycles. The molecule has 29 heavy (non-hydrogen) atoms. The van der Waals surface area contributed by atoms with E-state index in [4.69, 9.17) is 4.74 Å². The van der Waals surface area contributed by atoms with Gasteiger partial charge in [0.1, 0.15) is 5.75 Å². The van der Waals surface area contributed by atoms with Crippen molar-refractivity contribution in [1.82, 2.24) is 4.72 Å². The third-order valence-electron chi connectivity index (χ3n) is 4.28. The van der Waals surface area contributed by atoms with Crippen molar-refractivity contribution < 1.29 is 17.9 Å². The second-order valence-corrected chi connectivity index (χ2v) is 8.91. The summed E-state index contributed by atoms with van der Waals surface area (Å²) in [6, 6.07) is 12.5. The molecule has 0 aromatic heterocycles. The Morgan fingerprint density at radius 2 is 1.86 bits per heavy atom. The summed E-state index contributed by atoms with van der Waals surface area (Å²) in [6.07, 6.45) is 1.48. The Morgan fingerprint density at radius 1 is 1.17 bits per heavy atom. The summed E-state index contributed by atoms with van der Waals surface area (Å²) in [4.78, 5) is 12.1. The van der Waals surface area contributed by atoms with E-state index in [1.165, 1.54) is 11.6 Å². The van der Waals surface area contributed by atoms with Crippen LogP contribution in [0.15, 0.2) is 55.1 Å². The number of hydrogen-bond acceptors (Lipinski definition) is 4. The largest absolute Gasteiger partial charge is 0.484 e. The van der Waals surface area contributed by atoms with E-state index in [0.29, 0.717) is 22.9 Å². The molecular weight excluding hydrogens is 388 g/mol.